The van der Waals surface area contributed by atoms with Crippen LogP contribution >= 0.6 is 0 Å². The van der Waals surface area contributed by atoms with Crippen molar-refractivity contribution in [3.63, 3.8) is 0 Å². The Balaban J connectivity index is 1.94. The van der Waals surface area contributed by atoms with Crippen LogP contribution in [0.15, 0.2) is 64.2 Å². The van der Waals surface area contributed by atoms with Gasteiger partial charge in [-0.15, -0.1) is 0 Å². The van der Waals surface area contributed by atoms with Gasteiger partial charge in [-0.25, -0.2) is 23.2 Å². The summed E-state index contributed by atoms with van der Waals surface area (Å²) in [6.07, 6.45) is -0.00819. The summed E-state index contributed by atoms with van der Waals surface area (Å²) in [5.41, 5.74) is -0.289. The molecule has 7 heteroatoms. The Morgan fingerprint density at radius 2 is 1.54 bits per heavy atom. The molecule has 1 unspecified atom stereocenters. The van der Waals surface area contributed by atoms with Gasteiger partial charge in [-0.2, -0.15) is 4.68 Å². The normalized spacial score (nSPS) is 16.4. The zero-order chi connectivity index (χ0) is 16.8. The molecule has 0 aliphatic carbocycles. The number of fused-ring (bicyclic) bond motifs is 1. The van der Waals surface area contributed by atoms with E-state index >= 15 is 0 Å². The topological polar surface area (TPSA) is 66.0 Å². The van der Waals surface area contributed by atoms with Gasteiger partial charge < -0.3 is 0 Å². The lowest BCUT2D eigenvalue weighted by molar-refractivity contribution is 0.0910. The van der Waals surface area contributed by atoms with Crippen LogP contribution in [0.2, 0.25) is 0 Å². The van der Waals surface area contributed by atoms with Crippen molar-refractivity contribution in [3.05, 3.63) is 86.9 Å². The third-order valence-corrected chi connectivity index (χ3v) is 4.14. The van der Waals surface area contributed by atoms with E-state index in [9.17, 15) is 18.8 Å². The smallest absolute Gasteiger partial charge is 0.272 e. The van der Waals surface area contributed by atoms with Crippen molar-refractivity contribution >= 4 is 5.91 Å². The molecular weight excluding hydrogens is 313 g/mol. The largest absolute Gasteiger partial charge is 0.359 e. The molecule has 0 saturated carbocycles. The first kappa shape index (κ1) is 14.4. The molecule has 0 amide bonds. The molecule has 6 nitrogen and oxygen atoms in total. The van der Waals surface area contributed by atoms with E-state index in [0.717, 1.165) is 13.9 Å². The zero-order valence-corrected chi connectivity index (χ0v) is 12.4. The second-order valence-electron chi connectivity index (χ2n) is 5.56. The highest BCUT2D eigenvalue weighted by molar-refractivity contribution is 5.80. The minimum atomic E-state index is -0.694. The van der Waals surface area contributed by atoms with Crippen molar-refractivity contribution in [2.24, 2.45) is 0 Å². The van der Waals surface area contributed by atoms with E-state index < -0.39 is 29.1 Å². The minimum Gasteiger partial charge on any atom is -0.272 e. The van der Waals surface area contributed by atoms with Crippen molar-refractivity contribution < 1.29 is 9.18 Å². The molecular formula is C17H12FN3O3. The van der Waals surface area contributed by atoms with Gasteiger partial charge in [-0.05, 0) is 29.8 Å². The second kappa shape index (κ2) is 5.16. The predicted octanol–water partition coefficient (Wildman–Crippen LogP) is 1.57. The summed E-state index contributed by atoms with van der Waals surface area (Å²) in [6.45, 7) is 0. The second-order valence-corrected chi connectivity index (χ2v) is 5.56. The van der Waals surface area contributed by atoms with Gasteiger partial charge in [0.15, 0.2) is 0 Å². The Morgan fingerprint density at radius 3 is 2.21 bits per heavy atom. The average Bonchev–Trinajstić information content (AvgIpc) is 3.06. The molecule has 4 rings (SSSR count). The fourth-order valence-corrected chi connectivity index (χ4v) is 3.04. The number of carbonyl (C=O) groups excluding carboxylic acids is 1. The van der Waals surface area contributed by atoms with Crippen LogP contribution in [-0.2, 0) is 0 Å². The van der Waals surface area contributed by atoms with E-state index in [0.29, 0.717) is 11.3 Å². The van der Waals surface area contributed by atoms with Crippen LogP contribution in [0, 0.1) is 5.82 Å². The lowest BCUT2D eigenvalue weighted by Crippen LogP contribution is -2.30. The van der Waals surface area contributed by atoms with Gasteiger partial charge in [0.2, 0.25) is 0 Å². The fraction of sp³-hybridized carbons (Fsp3) is 0.118. The van der Waals surface area contributed by atoms with Crippen LogP contribution in [0.3, 0.4) is 0 Å². The number of nitrogens with zero attached hydrogens (tertiary/aromatic N) is 3. The highest BCUT2D eigenvalue weighted by atomic mass is 19.1. The predicted molar refractivity (Wildman–Crippen MR) is 84.1 cm³/mol. The van der Waals surface area contributed by atoms with E-state index in [2.05, 4.69) is 0 Å². The van der Waals surface area contributed by atoms with Crippen molar-refractivity contribution in [3.8, 4) is 5.69 Å². The number of halogens is 1. The Morgan fingerprint density at radius 1 is 0.875 bits per heavy atom. The third kappa shape index (κ3) is 1.98. The number of hydrogen-bond donors (Lipinski definition) is 0. The van der Waals surface area contributed by atoms with Crippen LogP contribution in [0.5, 0.6) is 0 Å². The first-order valence-electron chi connectivity index (χ1n) is 7.38. The van der Waals surface area contributed by atoms with Crippen molar-refractivity contribution in [1.29, 1.82) is 0 Å². The average molecular weight is 325 g/mol. The molecule has 24 heavy (non-hydrogen) atoms. The van der Waals surface area contributed by atoms with Gasteiger partial charge in [0.1, 0.15) is 5.82 Å². The maximum Gasteiger partial charge on any atom is 0.359 e. The summed E-state index contributed by atoms with van der Waals surface area (Å²) >= 11 is 0. The number of hydrogen-bond acceptors (Lipinski definition) is 3. The monoisotopic (exact) mass is 325 g/mol. The van der Waals surface area contributed by atoms with Crippen LogP contribution in [0.1, 0.15) is 22.8 Å². The molecule has 1 aliphatic heterocycles. The molecule has 0 N–H and O–H groups in total. The van der Waals surface area contributed by atoms with Crippen LogP contribution < -0.4 is 11.4 Å². The number of benzene rings is 2. The molecule has 3 aromatic rings. The molecule has 120 valence electrons. The van der Waals surface area contributed by atoms with Crippen molar-refractivity contribution in [2.45, 2.75) is 12.5 Å². The van der Waals surface area contributed by atoms with Gasteiger partial charge in [-0.3, -0.25) is 4.79 Å². The molecule has 0 saturated heterocycles. The summed E-state index contributed by atoms with van der Waals surface area (Å²) in [7, 11) is 0. The lowest BCUT2D eigenvalue weighted by Gasteiger charge is -2.10. The van der Waals surface area contributed by atoms with Gasteiger partial charge in [-0.1, -0.05) is 30.3 Å². The van der Waals surface area contributed by atoms with Crippen LogP contribution in [0.25, 0.3) is 5.69 Å². The Labute approximate surface area is 135 Å². The van der Waals surface area contributed by atoms with Gasteiger partial charge >= 0.3 is 11.4 Å². The van der Waals surface area contributed by atoms with Crippen molar-refractivity contribution in [2.75, 3.05) is 0 Å². The van der Waals surface area contributed by atoms with E-state index in [1.165, 1.54) is 24.3 Å². The first-order chi connectivity index (χ1) is 11.6. The maximum absolute atomic E-state index is 13.1. The molecule has 0 radical (unpaired) electrons. The number of aromatic nitrogens is 3. The number of para-hydroxylation sites is 1. The van der Waals surface area contributed by atoms with Crippen molar-refractivity contribution in [1.82, 2.24) is 13.9 Å². The third-order valence-electron chi connectivity index (χ3n) is 4.14. The molecule has 0 fully saturated rings. The lowest BCUT2D eigenvalue weighted by atomic mass is 10.0. The highest BCUT2D eigenvalue weighted by Crippen LogP contribution is 2.25. The molecule has 0 bridgehead atoms. The van der Waals surface area contributed by atoms with Crippen LogP contribution in [-0.4, -0.2) is 19.8 Å². The standard InChI is InChI=1S/C17H12FN3O3/c18-12-8-6-11(7-9-12)14-10-15(22)21-17(24)19(16(23)20(14)21)13-4-2-1-3-5-13/h1-9,14H,10H2. The van der Waals surface area contributed by atoms with Crippen LogP contribution in [0.4, 0.5) is 4.39 Å². The molecule has 1 aromatic heterocycles. The first-order valence-corrected chi connectivity index (χ1v) is 7.38. The Hall–Kier alpha value is -3.22. The molecule has 2 aromatic carbocycles. The quantitative estimate of drug-likeness (QED) is 0.718. The fourth-order valence-electron chi connectivity index (χ4n) is 3.04. The number of carbonyl (C=O) groups is 1. The van der Waals surface area contributed by atoms with E-state index in [1.54, 1.807) is 30.3 Å². The summed E-state index contributed by atoms with van der Waals surface area (Å²) < 4.78 is 16.1. The highest BCUT2D eigenvalue weighted by Gasteiger charge is 2.35. The molecule has 2 heterocycles. The molecule has 1 aliphatic rings. The zero-order valence-electron chi connectivity index (χ0n) is 12.4. The van der Waals surface area contributed by atoms with E-state index in [-0.39, 0.29) is 6.42 Å². The Bertz CT molecular complexity index is 1050. The maximum atomic E-state index is 13.1. The van der Waals surface area contributed by atoms with Gasteiger partial charge in [0.05, 0.1) is 18.2 Å². The Kier molecular flexibility index (Phi) is 3.09. The van der Waals surface area contributed by atoms with E-state index in [4.69, 9.17) is 0 Å². The SMILES string of the molecule is O=C1CC(c2ccc(F)cc2)n2c(=O)n(-c3ccccc3)c(=O)n21. The van der Waals surface area contributed by atoms with Gasteiger partial charge in [0, 0.05) is 0 Å². The summed E-state index contributed by atoms with van der Waals surface area (Å²) in [5.74, 6) is -0.865. The molecule has 0 spiro atoms. The van der Waals surface area contributed by atoms with Gasteiger partial charge in [0.25, 0.3) is 5.91 Å². The summed E-state index contributed by atoms with van der Waals surface area (Å²) in [6, 6.07) is 13.3. The number of rotatable bonds is 2. The minimum absolute atomic E-state index is 0.00819. The summed E-state index contributed by atoms with van der Waals surface area (Å²) in [5, 5.41) is 0. The summed E-state index contributed by atoms with van der Waals surface area (Å²) in [4.78, 5) is 37.6. The molecule has 1 atom stereocenters. The van der Waals surface area contributed by atoms with E-state index in [1.807, 2.05) is 0 Å².